The zero-order valence-corrected chi connectivity index (χ0v) is 29.5. The Kier molecular flexibility index (Phi) is 24.3. The van der Waals surface area contributed by atoms with Crippen molar-refractivity contribution in [2.75, 3.05) is 0 Å². The molecular formula is C32H48BF4FeP2Rh-. The van der Waals surface area contributed by atoms with Crippen LogP contribution in [0.3, 0.4) is 0 Å². The van der Waals surface area contributed by atoms with Gasteiger partial charge in [0, 0.05) is 47.9 Å². The van der Waals surface area contributed by atoms with E-state index < -0.39 is 7.25 Å². The molecule has 41 heavy (non-hydrogen) atoms. The van der Waals surface area contributed by atoms with Gasteiger partial charge in [-0.2, -0.15) is 0 Å². The molecule has 4 fully saturated rings. The Morgan fingerprint density at radius 3 is 0.976 bits per heavy atom. The number of rotatable bonds is 6. The molecule has 0 bridgehead atoms. The standard InChI is InChI=1S/2C12H18P.C8H12.BF4.Fe.Rh/c2*1-3-10-9-11(4-2)13(10)12-7-5-6-8-12;1-2-4-6-8-7-5-3-1;2-1(3,4)5;;/h2*5-8,10-11H,3-4,9H2,1-2H3;1-2,7-8H,3-6H2;;;/q;;;-1;;/b;;2-1-,8-7-;;;/t2*10-,11-;;;;/m00..../s1. The quantitative estimate of drug-likeness (QED) is 0.110. The molecule has 0 aromatic heterocycles. The Morgan fingerprint density at radius 2 is 0.780 bits per heavy atom. The smallest absolute Gasteiger partial charge is 0.418 e. The van der Waals surface area contributed by atoms with Crippen molar-refractivity contribution in [3.63, 3.8) is 0 Å². The third-order valence-electron chi connectivity index (χ3n) is 7.77. The second-order valence-electron chi connectivity index (χ2n) is 10.4. The van der Waals surface area contributed by atoms with Crippen molar-refractivity contribution in [1.82, 2.24) is 0 Å². The van der Waals surface area contributed by atoms with Crippen molar-refractivity contribution in [3.05, 3.63) is 87.0 Å². The monoisotopic (exact) mass is 740 g/mol. The summed E-state index contributed by atoms with van der Waals surface area (Å²) in [5, 5.41) is 0. The van der Waals surface area contributed by atoms with Gasteiger partial charge < -0.3 is 17.3 Å². The van der Waals surface area contributed by atoms with Gasteiger partial charge in [0.2, 0.25) is 0 Å². The fraction of sp³-hybridized carbons (Fsp3) is 0.562. The first kappa shape index (κ1) is 42.3. The predicted octanol–water partition coefficient (Wildman–Crippen LogP) is 11.6. The fourth-order valence-electron chi connectivity index (χ4n) is 5.63. The van der Waals surface area contributed by atoms with Crippen molar-refractivity contribution < 1.29 is 53.8 Å². The van der Waals surface area contributed by atoms with Gasteiger partial charge in [-0.05, 0) is 138 Å². The van der Waals surface area contributed by atoms with Gasteiger partial charge in [0.05, 0.1) is 0 Å². The van der Waals surface area contributed by atoms with Gasteiger partial charge in [-0.1, -0.05) is 67.8 Å². The van der Waals surface area contributed by atoms with Crippen LogP contribution in [0.1, 0.15) is 91.9 Å². The number of hydrogen-bond donors (Lipinski definition) is 0. The summed E-state index contributed by atoms with van der Waals surface area (Å²) in [4.78, 5) is 0. The van der Waals surface area contributed by atoms with Crippen LogP contribution in [0.25, 0.3) is 0 Å². The Morgan fingerprint density at radius 1 is 0.561 bits per heavy atom. The summed E-state index contributed by atoms with van der Waals surface area (Å²) >= 11 is 0. The van der Waals surface area contributed by atoms with Crippen LogP contribution in [0.15, 0.2) is 24.3 Å². The van der Waals surface area contributed by atoms with Gasteiger partial charge in [0.15, 0.2) is 0 Å². The molecule has 2 saturated heterocycles. The summed E-state index contributed by atoms with van der Waals surface area (Å²) in [6, 6.07) is 0. The Labute approximate surface area is 277 Å². The molecule has 3 aliphatic carbocycles. The van der Waals surface area contributed by atoms with Crippen molar-refractivity contribution in [3.8, 4) is 0 Å². The fourth-order valence-corrected chi connectivity index (χ4v) is 12.3. The van der Waals surface area contributed by atoms with Crippen LogP contribution < -0.4 is 0 Å². The van der Waals surface area contributed by atoms with Crippen molar-refractivity contribution >= 4 is 23.1 Å². The first-order valence-corrected chi connectivity index (χ1v) is 17.9. The van der Waals surface area contributed by atoms with E-state index in [-0.39, 0.29) is 52.4 Å². The van der Waals surface area contributed by atoms with E-state index in [0.29, 0.717) is 0 Å². The normalized spacial score (nSPS) is 30.0. The molecule has 0 spiro atoms. The Balaban J connectivity index is 0.000000541. The van der Waals surface area contributed by atoms with Gasteiger partial charge >= 0.3 is 7.25 Å². The summed E-state index contributed by atoms with van der Waals surface area (Å²) in [6.45, 7) is 9.37. The molecule has 2 saturated carbocycles. The van der Waals surface area contributed by atoms with E-state index in [1.54, 1.807) is 11.3 Å². The maximum absolute atomic E-state index is 9.75. The molecule has 0 nitrogen and oxygen atoms in total. The molecule has 5 aliphatic rings. The minimum Gasteiger partial charge on any atom is -0.418 e. The first-order chi connectivity index (χ1) is 18.7. The molecule has 11 radical (unpaired) electrons. The van der Waals surface area contributed by atoms with E-state index in [1.807, 2.05) is 0 Å². The number of hydrogen-bond acceptors (Lipinski definition) is 0. The molecule has 2 heterocycles. The van der Waals surface area contributed by atoms with Gasteiger partial charge in [0.25, 0.3) is 0 Å². The SMILES string of the molecule is C1=C\CC/C=C\CC/1.CC[C@H]1C[C@H](CC)P1[C]1[CH][CH][CH][CH]1.CC[C@H]1C[C@H](CC)P1[C]1[CH][CH][CH][CH]1.F[B-](F)(F)F.[Fe].[Rh]. The second kappa shape index (κ2) is 23.6. The number of halogens is 4. The molecule has 235 valence electrons. The van der Waals surface area contributed by atoms with Crippen LogP contribution in [0, 0.1) is 62.7 Å². The van der Waals surface area contributed by atoms with Crippen LogP contribution in [0.5, 0.6) is 0 Å². The molecular weight excluding hydrogens is 692 g/mol. The molecule has 0 unspecified atom stereocenters. The molecule has 0 amide bonds. The molecule has 9 heteroatoms. The third-order valence-corrected chi connectivity index (χ3v) is 15.0. The minimum atomic E-state index is -6.00. The topological polar surface area (TPSA) is 0 Å². The molecule has 0 N–H and O–H groups in total. The summed E-state index contributed by atoms with van der Waals surface area (Å²) in [5.41, 5.74) is 7.43. The van der Waals surface area contributed by atoms with Crippen LogP contribution in [-0.4, -0.2) is 29.9 Å². The van der Waals surface area contributed by atoms with Gasteiger partial charge in [-0.25, -0.2) is 0 Å². The predicted molar refractivity (Wildman–Crippen MR) is 167 cm³/mol. The van der Waals surface area contributed by atoms with Crippen LogP contribution >= 0.6 is 15.8 Å². The van der Waals surface area contributed by atoms with Crippen molar-refractivity contribution in [1.29, 1.82) is 0 Å². The molecule has 0 aromatic rings. The molecule has 4 atom stereocenters. The Bertz CT molecular complexity index is 610. The largest absolute Gasteiger partial charge is 0.673 e. The van der Waals surface area contributed by atoms with Gasteiger partial charge in [-0.3, -0.25) is 0 Å². The van der Waals surface area contributed by atoms with Crippen LogP contribution in [0.2, 0.25) is 0 Å². The molecule has 2 aliphatic heterocycles. The first-order valence-electron chi connectivity index (χ1n) is 14.9. The van der Waals surface area contributed by atoms with Crippen molar-refractivity contribution in [2.45, 2.75) is 115 Å². The van der Waals surface area contributed by atoms with E-state index in [2.05, 4.69) is 103 Å². The summed E-state index contributed by atoms with van der Waals surface area (Å²) in [7, 11) is -5.57. The number of allylic oxidation sites excluding steroid dienone is 4. The van der Waals surface area contributed by atoms with E-state index in [4.69, 9.17) is 0 Å². The van der Waals surface area contributed by atoms with Crippen LogP contribution in [0.4, 0.5) is 17.3 Å². The average Bonchev–Trinajstić information content (AvgIpc) is 3.53. The Hall–Kier alpha value is 1.27. The third kappa shape index (κ3) is 15.9. The maximum atomic E-state index is 9.75. The van der Waals surface area contributed by atoms with Crippen molar-refractivity contribution in [2.24, 2.45) is 0 Å². The van der Waals surface area contributed by atoms with Gasteiger partial charge in [0.1, 0.15) is 0 Å². The summed E-state index contributed by atoms with van der Waals surface area (Å²) in [5.74, 6) is 0. The minimum absolute atomic E-state index is 0. The summed E-state index contributed by atoms with van der Waals surface area (Å²) < 4.78 is 39.0. The average molecular weight is 740 g/mol. The van der Waals surface area contributed by atoms with Gasteiger partial charge in [-0.15, -0.1) is 0 Å². The van der Waals surface area contributed by atoms with E-state index in [9.17, 15) is 17.3 Å². The zero-order chi connectivity index (χ0) is 28.7. The van der Waals surface area contributed by atoms with E-state index in [1.165, 1.54) is 64.2 Å². The maximum Gasteiger partial charge on any atom is 0.673 e. The molecule has 5 rings (SSSR count). The zero-order valence-electron chi connectivity index (χ0n) is 25.0. The second-order valence-corrected chi connectivity index (χ2v) is 16.0. The van der Waals surface area contributed by atoms with E-state index in [0.717, 1.165) is 22.6 Å². The molecule has 0 aromatic carbocycles. The van der Waals surface area contributed by atoms with Crippen LogP contribution in [-0.2, 0) is 36.5 Å². The summed E-state index contributed by atoms with van der Waals surface area (Å²) in [6.07, 6.45) is 40.6. The van der Waals surface area contributed by atoms with E-state index >= 15 is 0 Å².